The smallest absolute Gasteiger partial charge is 0.292 e. The summed E-state index contributed by atoms with van der Waals surface area (Å²) < 4.78 is 5.25. The summed E-state index contributed by atoms with van der Waals surface area (Å²) in [6, 6.07) is 4.13. The van der Waals surface area contributed by atoms with Crippen molar-refractivity contribution in [1.29, 1.82) is 0 Å². The Morgan fingerprint density at radius 2 is 2.39 bits per heavy atom. The molecule has 0 aliphatic carbocycles. The second-order valence-corrected chi connectivity index (χ2v) is 4.43. The fourth-order valence-electron chi connectivity index (χ4n) is 2.00. The van der Waals surface area contributed by atoms with E-state index >= 15 is 0 Å². The van der Waals surface area contributed by atoms with E-state index < -0.39 is 4.92 Å². The lowest BCUT2D eigenvalue weighted by Gasteiger charge is -2.35. The van der Waals surface area contributed by atoms with Crippen molar-refractivity contribution in [3.8, 4) is 0 Å². The SMILES string of the molecule is O=[N+]([O-])c1ccc(Cl)cc1N1CCOCC1CO. The van der Waals surface area contributed by atoms with Gasteiger partial charge in [-0.05, 0) is 12.1 Å². The predicted octanol–water partition coefficient (Wildman–Crippen LogP) is 1.45. The monoisotopic (exact) mass is 272 g/mol. The second-order valence-electron chi connectivity index (χ2n) is 3.99. The van der Waals surface area contributed by atoms with Crippen molar-refractivity contribution in [2.24, 2.45) is 0 Å². The largest absolute Gasteiger partial charge is 0.394 e. The highest BCUT2D eigenvalue weighted by molar-refractivity contribution is 6.31. The molecule has 0 radical (unpaired) electrons. The highest BCUT2D eigenvalue weighted by atomic mass is 35.5. The number of hydrogen-bond donors (Lipinski definition) is 1. The van der Waals surface area contributed by atoms with Crippen LogP contribution in [0.15, 0.2) is 18.2 Å². The summed E-state index contributed by atoms with van der Waals surface area (Å²) >= 11 is 5.89. The van der Waals surface area contributed by atoms with E-state index in [4.69, 9.17) is 16.3 Å². The van der Waals surface area contributed by atoms with E-state index in [0.717, 1.165) is 0 Å². The average molecular weight is 273 g/mol. The molecule has 6 nitrogen and oxygen atoms in total. The van der Waals surface area contributed by atoms with Crippen molar-refractivity contribution in [2.45, 2.75) is 6.04 Å². The van der Waals surface area contributed by atoms with Gasteiger partial charge in [-0.2, -0.15) is 0 Å². The number of halogens is 1. The molecule has 0 aromatic heterocycles. The number of hydrogen-bond acceptors (Lipinski definition) is 5. The Morgan fingerprint density at radius 1 is 1.61 bits per heavy atom. The number of nitro benzene ring substituents is 1. The third-order valence-electron chi connectivity index (χ3n) is 2.88. The predicted molar refractivity (Wildman–Crippen MR) is 67.1 cm³/mol. The lowest BCUT2D eigenvalue weighted by atomic mass is 10.1. The molecule has 1 unspecified atom stereocenters. The van der Waals surface area contributed by atoms with Gasteiger partial charge in [-0.3, -0.25) is 10.1 Å². The van der Waals surface area contributed by atoms with Crippen LogP contribution in [0.1, 0.15) is 0 Å². The molecule has 0 saturated carbocycles. The lowest BCUT2D eigenvalue weighted by molar-refractivity contribution is -0.384. The number of aliphatic hydroxyl groups is 1. The maximum absolute atomic E-state index is 11.0. The van der Waals surface area contributed by atoms with Gasteiger partial charge >= 0.3 is 0 Å². The normalized spacial score (nSPS) is 19.9. The van der Waals surface area contributed by atoms with Gasteiger partial charge in [-0.1, -0.05) is 11.6 Å². The second kappa shape index (κ2) is 5.51. The molecule has 1 saturated heterocycles. The van der Waals surface area contributed by atoms with Gasteiger partial charge in [0.2, 0.25) is 0 Å². The first-order valence-corrected chi connectivity index (χ1v) is 5.90. The summed E-state index contributed by atoms with van der Waals surface area (Å²) in [6.45, 7) is 1.19. The van der Waals surface area contributed by atoms with Crippen LogP contribution in [-0.4, -0.2) is 42.4 Å². The maximum atomic E-state index is 11.0. The Balaban J connectivity index is 2.41. The zero-order chi connectivity index (χ0) is 13.1. The van der Waals surface area contributed by atoms with Crippen LogP contribution in [0.5, 0.6) is 0 Å². The lowest BCUT2D eigenvalue weighted by Crippen LogP contribution is -2.47. The van der Waals surface area contributed by atoms with E-state index in [9.17, 15) is 15.2 Å². The summed E-state index contributed by atoms with van der Waals surface area (Å²) in [7, 11) is 0. The quantitative estimate of drug-likeness (QED) is 0.666. The van der Waals surface area contributed by atoms with Crippen LogP contribution >= 0.6 is 11.6 Å². The van der Waals surface area contributed by atoms with E-state index in [1.54, 1.807) is 11.0 Å². The van der Waals surface area contributed by atoms with E-state index in [0.29, 0.717) is 30.5 Å². The first-order chi connectivity index (χ1) is 8.63. The zero-order valence-electron chi connectivity index (χ0n) is 9.58. The summed E-state index contributed by atoms with van der Waals surface area (Å²) in [4.78, 5) is 12.3. The van der Waals surface area contributed by atoms with Crippen molar-refractivity contribution in [3.05, 3.63) is 33.3 Å². The van der Waals surface area contributed by atoms with Gasteiger partial charge in [0.15, 0.2) is 0 Å². The number of ether oxygens (including phenoxy) is 1. The van der Waals surface area contributed by atoms with Crippen LogP contribution in [0, 0.1) is 10.1 Å². The number of nitro groups is 1. The summed E-state index contributed by atoms with van der Waals surface area (Å²) in [6.07, 6.45) is 0. The van der Waals surface area contributed by atoms with Gasteiger partial charge in [-0.25, -0.2) is 0 Å². The molecule has 1 aliphatic heterocycles. The molecule has 0 spiro atoms. The van der Waals surface area contributed by atoms with Crippen LogP contribution in [0.25, 0.3) is 0 Å². The molecule has 1 N–H and O–H groups in total. The molecule has 7 heteroatoms. The van der Waals surface area contributed by atoms with E-state index in [1.807, 2.05) is 0 Å². The molecule has 2 rings (SSSR count). The van der Waals surface area contributed by atoms with Crippen molar-refractivity contribution < 1.29 is 14.8 Å². The minimum absolute atomic E-state index is 0.0141. The summed E-state index contributed by atoms with van der Waals surface area (Å²) in [5, 5.41) is 20.7. The van der Waals surface area contributed by atoms with Crippen LogP contribution in [0.2, 0.25) is 5.02 Å². The molecular weight excluding hydrogens is 260 g/mol. The van der Waals surface area contributed by atoms with E-state index in [2.05, 4.69) is 0 Å². The topological polar surface area (TPSA) is 75.8 Å². The van der Waals surface area contributed by atoms with Crippen molar-refractivity contribution in [3.63, 3.8) is 0 Å². The molecule has 0 bridgehead atoms. The first kappa shape index (κ1) is 13.1. The Morgan fingerprint density at radius 3 is 3.06 bits per heavy atom. The highest BCUT2D eigenvalue weighted by Gasteiger charge is 2.28. The minimum Gasteiger partial charge on any atom is -0.394 e. The average Bonchev–Trinajstić information content (AvgIpc) is 2.38. The standard InChI is InChI=1S/C11H13ClN2O4/c12-8-1-2-10(14(16)17)11(5-8)13-3-4-18-7-9(13)6-15/h1-2,5,9,15H,3-4,6-7H2. The van der Waals surface area contributed by atoms with Crippen LogP contribution < -0.4 is 4.90 Å². The van der Waals surface area contributed by atoms with Gasteiger partial charge in [-0.15, -0.1) is 0 Å². The molecule has 1 atom stereocenters. The number of nitrogens with zero attached hydrogens (tertiary/aromatic N) is 2. The first-order valence-electron chi connectivity index (χ1n) is 5.52. The minimum atomic E-state index is -0.449. The van der Waals surface area contributed by atoms with Gasteiger partial charge in [0.25, 0.3) is 5.69 Å². The molecule has 1 aromatic rings. The highest BCUT2D eigenvalue weighted by Crippen LogP contribution is 2.33. The van der Waals surface area contributed by atoms with Gasteiger partial charge < -0.3 is 14.7 Å². The van der Waals surface area contributed by atoms with Crippen molar-refractivity contribution >= 4 is 23.0 Å². The van der Waals surface area contributed by atoms with Crippen LogP contribution in [0.4, 0.5) is 11.4 Å². The molecule has 1 fully saturated rings. The van der Waals surface area contributed by atoms with Gasteiger partial charge in [0.1, 0.15) is 5.69 Å². The number of rotatable bonds is 3. The Bertz CT molecular complexity index is 455. The molecule has 98 valence electrons. The van der Waals surface area contributed by atoms with Gasteiger partial charge in [0.05, 0.1) is 30.8 Å². The number of anilines is 1. The molecular formula is C11H13ClN2O4. The van der Waals surface area contributed by atoms with Crippen LogP contribution in [0.3, 0.4) is 0 Å². The molecule has 1 aromatic carbocycles. The summed E-state index contributed by atoms with van der Waals surface area (Å²) in [5.41, 5.74) is 0.412. The third-order valence-corrected chi connectivity index (χ3v) is 3.12. The number of benzene rings is 1. The van der Waals surface area contributed by atoms with E-state index in [-0.39, 0.29) is 18.3 Å². The Labute approximate surface area is 109 Å². The van der Waals surface area contributed by atoms with Gasteiger partial charge in [0, 0.05) is 17.6 Å². The maximum Gasteiger partial charge on any atom is 0.292 e. The third kappa shape index (κ3) is 2.55. The van der Waals surface area contributed by atoms with E-state index in [1.165, 1.54) is 12.1 Å². The fraction of sp³-hybridized carbons (Fsp3) is 0.455. The molecule has 1 heterocycles. The molecule has 1 aliphatic rings. The van der Waals surface area contributed by atoms with Crippen molar-refractivity contribution in [1.82, 2.24) is 0 Å². The fourth-order valence-corrected chi connectivity index (χ4v) is 2.17. The van der Waals surface area contributed by atoms with Crippen LogP contribution in [-0.2, 0) is 4.74 Å². The molecule has 0 amide bonds. The number of morpholine rings is 1. The number of aliphatic hydroxyl groups excluding tert-OH is 1. The molecule has 18 heavy (non-hydrogen) atoms. The zero-order valence-corrected chi connectivity index (χ0v) is 10.3. The van der Waals surface area contributed by atoms with Crippen molar-refractivity contribution in [2.75, 3.05) is 31.3 Å². The Hall–Kier alpha value is -1.37. The summed E-state index contributed by atoms with van der Waals surface area (Å²) in [5.74, 6) is 0. The Kier molecular flexibility index (Phi) is 4.00.